The van der Waals surface area contributed by atoms with E-state index < -0.39 is 11.7 Å². The average molecular weight is 413 g/mol. The van der Waals surface area contributed by atoms with Crippen LogP contribution >= 0.6 is 0 Å². The van der Waals surface area contributed by atoms with Crippen LogP contribution < -0.4 is 0 Å². The molecule has 1 aromatic rings. The number of allylic oxidation sites excluding steroid dienone is 1. The SMILES string of the molecule is Cc1c(C23CCCCC2C2(CCCCC2)C2C=CC(O)=C(O)C2O3)ccc(O)c1O. The number of fused-ring (bicyclic) bond motifs is 4. The van der Waals surface area contributed by atoms with Crippen LogP contribution in [0.4, 0.5) is 0 Å². The molecule has 4 N–H and O–H groups in total. The van der Waals surface area contributed by atoms with Gasteiger partial charge in [0.05, 0.1) is 5.60 Å². The van der Waals surface area contributed by atoms with E-state index in [0.29, 0.717) is 5.56 Å². The van der Waals surface area contributed by atoms with E-state index in [1.807, 2.05) is 13.0 Å². The van der Waals surface area contributed by atoms with Crippen molar-refractivity contribution in [3.8, 4) is 11.5 Å². The van der Waals surface area contributed by atoms with Gasteiger partial charge in [0.2, 0.25) is 0 Å². The van der Waals surface area contributed by atoms with Crippen molar-refractivity contribution in [3.63, 3.8) is 0 Å². The number of rotatable bonds is 1. The highest BCUT2D eigenvalue weighted by Crippen LogP contribution is 2.66. The molecule has 1 spiro atoms. The van der Waals surface area contributed by atoms with E-state index in [2.05, 4.69) is 6.08 Å². The number of phenolic OH excluding ortho intramolecular Hbond substituents is 2. The van der Waals surface area contributed by atoms with E-state index in [0.717, 1.165) is 44.1 Å². The van der Waals surface area contributed by atoms with Crippen molar-refractivity contribution in [2.75, 3.05) is 0 Å². The van der Waals surface area contributed by atoms with Gasteiger partial charge in [0.15, 0.2) is 23.0 Å². The molecule has 4 atom stereocenters. The molecule has 0 radical (unpaired) electrons. The second-order valence-corrected chi connectivity index (χ2v) is 9.78. The lowest BCUT2D eigenvalue weighted by molar-refractivity contribution is -0.260. The van der Waals surface area contributed by atoms with Crippen molar-refractivity contribution in [1.29, 1.82) is 0 Å². The lowest BCUT2D eigenvalue weighted by atomic mass is 9.48. The monoisotopic (exact) mass is 412 g/mol. The summed E-state index contributed by atoms with van der Waals surface area (Å²) in [5.74, 6) is -0.104. The van der Waals surface area contributed by atoms with Crippen LogP contribution in [0, 0.1) is 24.2 Å². The molecule has 0 bridgehead atoms. The molecule has 1 aliphatic heterocycles. The molecule has 162 valence electrons. The molecule has 3 fully saturated rings. The Morgan fingerprint density at radius 1 is 0.933 bits per heavy atom. The number of ether oxygens (including phenoxy) is 1. The van der Waals surface area contributed by atoms with E-state index in [9.17, 15) is 20.4 Å². The fourth-order valence-corrected chi connectivity index (χ4v) is 7.24. The first-order chi connectivity index (χ1) is 14.4. The third-order valence-corrected chi connectivity index (χ3v) is 8.52. The van der Waals surface area contributed by atoms with Crippen molar-refractivity contribution >= 4 is 0 Å². The van der Waals surface area contributed by atoms with E-state index in [1.165, 1.54) is 19.3 Å². The predicted molar refractivity (Wildman–Crippen MR) is 113 cm³/mol. The first kappa shape index (κ1) is 19.8. The summed E-state index contributed by atoms with van der Waals surface area (Å²) < 4.78 is 6.84. The Labute approximate surface area is 177 Å². The zero-order valence-corrected chi connectivity index (χ0v) is 17.6. The third kappa shape index (κ3) is 2.57. The van der Waals surface area contributed by atoms with Crippen LogP contribution in [-0.4, -0.2) is 26.5 Å². The van der Waals surface area contributed by atoms with Crippen LogP contribution in [0.2, 0.25) is 0 Å². The Kier molecular flexibility index (Phi) is 4.58. The zero-order valence-electron chi connectivity index (χ0n) is 17.6. The van der Waals surface area contributed by atoms with Crippen LogP contribution in [0.25, 0.3) is 0 Å². The fourth-order valence-electron chi connectivity index (χ4n) is 7.24. The Morgan fingerprint density at radius 3 is 2.43 bits per heavy atom. The minimum Gasteiger partial charge on any atom is -0.506 e. The molecule has 1 heterocycles. The second-order valence-electron chi connectivity index (χ2n) is 9.78. The van der Waals surface area contributed by atoms with Gasteiger partial charge in [-0.25, -0.2) is 0 Å². The van der Waals surface area contributed by atoms with Gasteiger partial charge in [-0.1, -0.05) is 44.2 Å². The highest BCUT2D eigenvalue weighted by atomic mass is 16.5. The standard InChI is InChI=1S/C25H32O5/c1-15-16(8-10-18(26)21(15)28)25-14-6-3-7-20(25)24(12-4-2-5-13-24)17-9-11-19(27)22(29)23(17)30-25/h8-11,17,20,23,26-29H,2-7,12-14H2,1H3. The molecule has 0 amide bonds. The van der Waals surface area contributed by atoms with Crippen molar-refractivity contribution in [1.82, 2.24) is 0 Å². The largest absolute Gasteiger partial charge is 0.506 e. The summed E-state index contributed by atoms with van der Waals surface area (Å²) in [4.78, 5) is 0. The third-order valence-electron chi connectivity index (χ3n) is 8.52. The normalized spacial score (nSPS) is 35.2. The van der Waals surface area contributed by atoms with E-state index >= 15 is 0 Å². The van der Waals surface area contributed by atoms with Gasteiger partial charge in [0, 0.05) is 11.5 Å². The van der Waals surface area contributed by atoms with Gasteiger partial charge in [0.1, 0.15) is 6.10 Å². The quantitative estimate of drug-likeness (QED) is 0.447. The van der Waals surface area contributed by atoms with Crippen LogP contribution in [0.3, 0.4) is 0 Å². The minimum absolute atomic E-state index is 0.00723. The molecule has 4 unspecified atom stereocenters. The summed E-state index contributed by atoms with van der Waals surface area (Å²) in [6.07, 6.45) is 12.9. The topological polar surface area (TPSA) is 90.2 Å². The molecule has 5 nitrogen and oxygen atoms in total. The highest BCUT2D eigenvalue weighted by molar-refractivity contribution is 5.51. The highest BCUT2D eigenvalue weighted by Gasteiger charge is 2.63. The maximum atomic E-state index is 10.9. The van der Waals surface area contributed by atoms with Gasteiger partial charge in [-0.15, -0.1) is 0 Å². The van der Waals surface area contributed by atoms with Crippen molar-refractivity contribution < 1.29 is 25.2 Å². The molecule has 30 heavy (non-hydrogen) atoms. The first-order valence-electron chi connectivity index (χ1n) is 11.4. The summed E-state index contributed by atoms with van der Waals surface area (Å²) in [7, 11) is 0. The van der Waals surface area contributed by atoms with Crippen molar-refractivity contribution in [2.24, 2.45) is 17.3 Å². The molecule has 1 saturated heterocycles. The smallest absolute Gasteiger partial charge is 0.164 e. The molecule has 0 aromatic heterocycles. The van der Waals surface area contributed by atoms with Gasteiger partial charge in [-0.3, -0.25) is 0 Å². The molecule has 5 heteroatoms. The van der Waals surface area contributed by atoms with Crippen molar-refractivity contribution in [2.45, 2.75) is 76.4 Å². The lowest BCUT2D eigenvalue weighted by Gasteiger charge is -2.63. The minimum atomic E-state index is -0.647. The number of aromatic hydroxyl groups is 2. The molecule has 1 aromatic carbocycles. The van der Waals surface area contributed by atoms with Gasteiger partial charge in [0.25, 0.3) is 0 Å². The summed E-state index contributed by atoms with van der Waals surface area (Å²) in [6.45, 7) is 1.84. The van der Waals surface area contributed by atoms with Crippen molar-refractivity contribution in [3.05, 3.63) is 46.9 Å². The molecular weight excluding hydrogens is 380 g/mol. The molecule has 2 saturated carbocycles. The summed E-state index contributed by atoms with van der Waals surface area (Å²) in [5.41, 5.74) is 0.899. The van der Waals surface area contributed by atoms with E-state index in [-0.39, 0.29) is 40.3 Å². The Bertz CT molecular complexity index is 910. The summed E-state index contributed by atoms with van der Waals surface area (Å²) in [6, 6.07) is 3.44. The maximum Gasteiger partial charge on any atom is 0.164 e. The molecular formula is C25H32O5. The molecule has 4 aliphatic rings. The number of hydrogen-bond donors (Lipinski definition) is 4. The fraction of sp³-hybridized carbons (Fsp3) is 0.600. The van der Waals surface area contributed by atoms with Crippen LogP contribution in [0.1, 0.15) is 68.9 Å². The second kappa shape index (κ2) is 6.94. The molecule has 5 rings (SSSR count). The Balaban J connectivity index is 1.73. The van der Waals surface area contributed by atoms with Gasteiger partial charge >= 0.3 is 0 Å². The van der Waals surface area contributed by atoms with E-state index in [1.54, 1.807) is 12.1 Å². The summed E-state index contributed by atoms with van der Waals surface area (Å²) in [5, 5.41) is 41.7. The Hall–Kier alpha value is -2.14. The number of hydrogen-bond acceptors (Lipinski definition) is 5. The first-order valence-corrected chi connectivity index (χ1v) is 11.4. The number of phenols is 2. The van der Waals surface area contributed by atoms with Crippen LogP contribution in [0.5, 0.6) is 11.5 Å². The number of aliphatic hydroxyl groups excluding tert-OH is 2. The predicted octanol–water partition coefficient (Wildman–Crippen LogP) is 5.65. The van der Waals surface area contributed by atoms with Crippen LogP contribution in [0.15, 0.2) is 35.8 Å². The number of benzene rings is 1. The van der Waals surface area contributed by atoms with Gasteiger partial charge in [-0.05, 0) is 61.6 Å². The lowest BCUT2D eigenvalue weighted by Crippen LogP contribution is -2.62. The van der Waals surface area contributed by atoms with Gasteiger partial charge < -0.3 is 25.2 Å². The summed E-state index contributed by atoms with van der Waals surface area (Å²) >= 11 is 0. The average Bonchev–Trinajstić information content (AvgIpc) is 2.76. The number of aliphatic hydroxyl groups is 2. The zero-order chi connectivity index (χ0) is 21.1. The van der Waals surface area contributed by atoms with Gasteiger partial charge in [-0.2, -0.15) is 0 Å². The van der Waals surface area contributed by atoms with Crippen LogP contribution in [-0.2, 0) is 10.3 Å². The van der Waals surface area contributed by atoms with E-state index in [4.69, 9.17) is 4.74 Å². The maximum absolute atomic E-state index is 10.9. The Morgan fingerprint density at radius 2 is 1.67 bits per heavy atom. The molecule has 3 aliphatic carbocycles.